The van der Waals surface area contributed by atoms with Crippen molar-refractivity contribution in [2.24, 2.45) is 0 Å². The molecule has 0 amide bonds. The summed E-state index contributed by atoms with van der Waals surface area (Å²) in [4.78, 5) is 3.77. The maximum absolute atomic E-state index is 4.13. The molecule has 3 nitrogen and oxygen atoms in total. The Morgan fingerprint density at radius 2 is 1.33 bits per heavy atom. The van der Waals surface area contributed by atoms with Gasteiger partial charge < -0.3 is 0 Å². The minimum atomic E-state index is -0.825. The first-order chi connectivity index (χ1) is 11.3. The van der Waals surface area contributed by atoms with E-state index in [1.54, 1.807) is 0 Å². The zero-order valence-corrected chi connectivity index (χ0v) is 23.2. The molecule has 1 aliphatic rings. The normalized spacial score (nSPS) is 27.0. The molecule has 0 aromatic carbocycles. The van der Waals surface area contributed by atoms with Crippen molar-refractivity contribution in [3.05, 3.63) is 0 Å². The van der Waals surface area contributed by atoms with Crippen LogP contribution in [0.3, 0.4) is 0 Å². The van der Waals surface area contributed by atoms with Crippen LogP contribution in [-0.4, -0.2) is 72.7 Å². The standard InChI is InChI=1S/C18H42As3N3/c1-10-15(19(4)5)18(16(11-2)20(6)7)23-13-22-14-24(18)17(12-3)21(8)9/h15-17,22-23H,10-14H2,1-9H3. The summed E-state index contributed by atoms with van der Waals surface area (Å²) in [6, 6.07) is 0. The van der Waals surface area contributed by atoms with Gasteiger partial charge in [0, 0.05) is 0 Å². The Kier molecular flexibility index (Phi) is 10.6. The molecule has 1 aliphatic heterocycles. The molecule has 6 heteroatoms. The summed E-state index contributed by atoms with van der Waals surface area (Å²) in [6.45, 7) is 9.40. The molecule has 0 radical (unpaired) electrons. The van der Waals surface area contributed by atoms with Crippen molar-refractivity contribution >= 4 is 44.0 Å². The minimum absolute atomic E-state index is 0.265. The number of hydrogen-bond acceptors (Lipinski definition) is 3. The quantitative estimate of drug-likeness (QED) is 0.442. The SMILES string of the molecule is CCC(N1CNCNC1(C(CC)[As](C)C)C(CC)[As](C)C)[As](C)C. The zero-order valence-electron chi connectivity index (χ0n) is 17.6. The van der Waals surface area contributed by atoms with Gasteiger partial charge in [0.1, 0.15) is 0 Å². The average molecular weight is 525 g/mol. The molecule has 24 heavy (non-hydrogen) atoms. The van der Waals surface area contributed by atoms with Crippen molar-refractivity contribution in [1.29, 1.82) is 0 Å². The molecule has 0 bridgehead atoms. The van der Waals surface area contributed by atoms with E-state index in [1.807, 2.05) is 0 Å². The molecule has 0 saturated carbocycles. The van der Waals surface area contributed by atoms with Crippen molar-refractivity contribution in [2.45, 2.75) is 94.2 Å². The molecular weight excluding hydrogens is 483 g/mol. The van der Waals surface area contributed by atoms with E-state index in [1.165, 1.54) is 19.3 Å². The Morgan fingerprint density at radius 1 is 0.833 bits per heavy atom. The molecule has 1 fully saturated rings. The number of rotatable bonds is 9. The van der Waals surface area contributed by atoms with Gasteiger partial charge in [-0.05, 0) is 0 Å². The van der Waals surface area contributed by atoms with Crippen LogP contribution in [0.15, 0.2) is 0 Å². The van der Waals surface area contributed by atoms with Gasteiger partial charge in [-0.3, -0.25) is 0 Å². The van der Waals surface area contributed by atoms with E-state index in [0.29, 0.717) is 0 Å². The Bertz CT molecular complexity index is 347. The molecule has 1 heterocycles. The molecule has 0 aromatic heterocycles. The van der Waals surface area contributed by atoms with Crippen LogP contribution in [0.2, 0.25) is 43.7 Å². The molecule has 0 aromatic rings. The van der Waals surface area contributed by atoms with Gasteiger partial charge in [-0.2, -0.15) is 0 Å². The summed E-state index contributed by atoms with van der Waals surface area (Å²) < 4.78 is 1.74. The van der Waals surface area contributed by atoms with Crippen molar-refractivity contribution in [2.75, 3.05) is 13.3 Å². The summed E-state index contributed by atoms with van der Waals surface area (Å²) in [5, 5.41) is 7.79. The first-order valence-electron chi connectivity index (χ1n) is 9.49. The maximum atomic E-state index is 4.13. The predicted octanol–water partition coefficient (Wildman–Crippen LogP) is 4.23. The van der Waals surface area contributed by atoms with Gasteiger partial charge in [-0.1, -0.05) is 0 Å². The van der Waals surface area contributed by atoms with Crippen LogP contribution in [-0.2, 0) is 0 Å². The molecule has 3 unspecified atom stereocenters. The number of hydrogen-bond donors (Lipinski definition) is 2. The predicted molar refractivity (Wildman–Crippen MR) is 115 cm³/mol. The molecule has 1 rings (SSSR count). The Hall–Kier alpha value is 1.56. The van der Waals surface area contributed by atoms with Crippen molar-refractivity contribution < 1.29 is 0 Å². The van der Waals surface area contributed by atoms with Gasteiger partial charge in [0.25, 0.3) is 0 Å². The van der Waals surface area contributed by atoms with E-state index in [4.69, 9.17) is 0 Å². The molecule has 1 saturated heterocycles. The molecule has 0 spiro atoms. The third-order valence-corrected chi connectivity index (χ3v) is 17.9. The van der Waals surface area contributed by atoms with Gasteiger partial charge in [0.15, 0.2) is 0 Å². The molecule has 3 atom stereocenters. The van der Waals surface area contributed by atoms with Crippen LogP contribution in [0, 0.1) is 0 Å². The summed E-state index contributed by atoms with van der Waals surface area (Å²) in [7, 11) is 0. The van der Waals surface area contributed by atoms with Crippen molar-refractivity contribution in [3.8, 4) is 0 Å². The second-order valence-corrected chi connectivity index (χ2v) is 23.7. The number of nitrogens with one attached hydrogen (secondary N) is 2. The molecule has 2 N–H and O–H groups in total. The zero-order chi connectivity index (χ0) is 18.5. The van der Waals surface area contributed by atoms with E-state index in [-0.39, 0.29) is 5.66 Å². The topological polar surface area (TPSA) is 27.3 Å². The third-order valence-electron chi connectivity index (χ3n) is 5.61. The van der Waals surface area contributed by atoms with Crippen molar-refractivity contribution in [3.63, 3.8) is 0 Å². The van der Waals surface area contributed by atoms with Crippen LogP contribution in [0.5, 0.6) is 0 Å². The first-order valence-corrected chi connectivity index (χ1v) is 24.0. The molecule has 0 aliphatic carbocycles. The fraction of sp³-hybridized carbons (Fsp3) is 1.00. The Balaban J connectivity index is 3.49. The van der Waals surface area contributed by atoms with Gasteiger partial charge >= 0.3 is 167 Å². The fourth-order valence-corrected chi connectivity index (χ4v) is 16.8. The van der Waals surface area contributed by atoms with E-state index in [2.05, 4.69) is 70.6 Å². The van der Waals surface area contributed by atoms with Crippen LogP contribution in [0.1, 0.15) is 40.0 Å². The summed E-state index contributed by atoms with van der Waals surface area (Å²) >= 11 is -2.45. The van der Waals surface area contributed by atoms with E-state index in [9.17, 15) is 0 Å². The van der Waals surface area contributed by atoms with Crippen LogP contribution in [0.25, 0.3) is 0 Å². The second kappa shape index (κ2) is 10.8. The first kappa shape index (κ1) is 23.6. The second-order valence-electron chi connectivity index (χ2n) is 7.68. The van der Waals surface area contributed by atoms with Crippen LogP contribution >= 0.6 is 0 Å². The Morgan fingerprint density at radius 3 is 1.67 bits per heavy atom. The van der Waals surface area contributed by atoms with Gasteiger partial charge in [-0.15, -0.1) is 0 Å². The third kappa shape index (κ3) is 4.88. The van der Waals surface area contributed by atoms with E-state index >= 15 is 0 Å². The van der Waals surface area contributed by atoms with Gasteiger partial charge in [-0.25, -0.2) is 0 Å². The van der Waals surface area contributed by atoms with Gasteiger partial charge in [0.05, 0.1) is 0 Å². The summed E-state index contributed by atoms with van der Waals surface area (Å²) in [5.74, 6) is 0. The summed E-state index contributed by atoms with van der Waals surface area (Å²) in [6.07, 6.45) is 3.99. The average Bonchev–Trinajstić information content (AvgIpc) is 2.50. The van der Waals surface area contributed by atoms with Gasteiger partial charge in [0.2, 0.25) is 0 Å². The van der Waals surface area contributed by atoms with E-state index < -0.39 is 44.0 Å². The Labute approximate surface area is 166 Å². The molecular formula is C18H42As3N3. The van der Waals surface area contributed by atoms with Crippen LogP contribution in [0.4, 0.5) is 0 Å². The summed E-state index contributed by atoms with van der Waals surface area (Å²) in [5.41, 5.74) is 15.7. The fourth-order valence-electron chi connectivity index (χ4n) is 4.81. The molecule has 144 valence electrons. The van der Waals surface area contributed by atoms with Crippen LogP contribution < -0.4 is 10.6 Å². The number of nitrogens with zero attached hydrogens (tertiary/aromatic N) is 1. The van der Waals surface area contributed by atoms with Crippen molar-refractivity contribution in [1.82, 2.24) is 15.5 Å². The monoisotopic (exact) mass is 525 g/mol. The van der Waals surface area contributed by atoms with E-state index in [0.717, 1.165) is 27.6 Å².